The molecule has 6 nitrogen and oxygen atoms in total. The van der Waals surface area contributed by atoms with Crippen LogP contribution in [0.5, 0.6) is 0 Å². The number of aliphatic hydroxyl groups excluding tert-OH is 5. The Balaban J connectivity index is -0.000000218. The molecule has 0 aliphatic carbocycles. The van der Waals surface area contributed by atoms with E-state index >= 15 is 0 Å². The molecule has 6 N–H and O–H groups in total. The summed E-state index contributed by atoms with van der Waals surface area (Å²) in [5.74, 6) is 0. The number of unbranched alkanes of at least 4 members (excludes halogenated alkanes) is 1. The van der Waals surface area contributed by atoms with Crippen LogP contribution in [0, 0.1) is 10.8 Å². The fraction of sp³-hybridized carbons (Fsp3) is 1.00. The van der Waals surface area contributed by atoms with Crippen LogP contribution in [-0.4, -0.2) is 63.4 Å². The first-order valence-corrected chi connectivity index (χ1v) is 6.78. The largest absolute Gasteiger partial charge is 0.396 e. The molecule has 0 aromatic carbocycles. The van der Waals surface area contributed by atoms with E-state index in [4.69, 9.17) is 30.6 Å². The average molecular weight is 298 g/mol. The van der Waals surface area contributed by atoms with Gasteiger partial charge in [-0.15, -0.1) is 0 Å². The Bertz CT molecular complexity index is 173. The molecule has 0 unspecified atom stereocenters. The number of rotatable bonds is 5. The van der Waals surface area contributed by atoms with Crippen LogP contribution >= 0.6 is 0 Å². The van der Waals surface area contributed by atoms with Crippen molar-refractivity contribution in [3.63, 3.8) is 0 Å². The molecule has 0 aromatic heterocycles. The molecule has 0 radical (unpaired) electrons. The molecule has 126 valence electrons. The summed E-state index contributed by atoms with van der Waals surface area (Å²) in [6.07, 6.45) is 0.236. The molecule has 0 saturated carbocycles. The van der Waals surface area contributed by atoms with Crippen molar-refractivity contribution in [2.45, 2.75) is 53.8 Å². The molecule has 6 heteroatoms. The van der Waals surface area contributed by atoms with Gasteiger partial charge in [0, 0.05) is 24.0 Å². The van der Waals surface area contributed by atoms with Crippen molar-refractivity contribution in [2.24, 2.45) is 10.8 Å². The van der Waals surface area contributed by atoms with Gasteiger partial charge in [0.2, 0.25) is 0 Å². The zero-order chi connectivity index (χ0) is 16.8. The lowest BCUT2D eigenvalue weighted by Crippen LogP contribution is -2.24. The minimum atomic E-state index is -1.20. The molecule has 0 heterocycles. The minimum Gasteiger partial charge on any atom is -0.396 e. The van der Waals surface area contributed by atoms with Crippen molar-refractivity contribution in [3.8, 4) is 0 Å². The van der Waals surface area contributed by atoms with Gasteiger partial charge in [-0.05, 0) is 12.8 Å². The Kier molecular flexibility index (Phi) is 17.0. The standard InChI is InChI=1S/2C5H12O2.C4H10O2/c1-5(2,3)4(6)7;1-5(2,3-6)4-7;5-3-1-2-4-6/h4,6-7H,1-3H3;6-7H,3-4H2,1-2H3;5-6H,1-4H2. The van der Waals surface area contributed by atoms with Crippen molar-refractivity contribution in [3.05, 3.63) is 0 Å². The van der Waals surface area contributed by atoms with Gasteiger partial charge < -0.3 is 30.6 Å². The summed E-state index contributed by atoms with van der Waals surface area (Å²) >= 11 is 0. The third kappa shape index (κ3) is 22.9. The van der Waals surface area contributed by atoms with E-state index in [1.165, 1.54) is 0 Å². The van der Waals surface area contributed by atoms with E-state index in [0.717, 1.165) is 12.8 Å². The van der Waals surface area contributed by atoms with Gasteiger partial charge in [0.15, 0.2) is 6.29 Å². The topological polar surface area (TPSA) is 121 Å². The van der Waals surface area contributed by atoms with E-state index in [1.807, 2.05) is 0 Å². The van der Waals surface area contributed by atoms with Crippen molar-refractivity contribution < 1.29 is 30.6 Å². The number of hydrogen-bond acceptors (Lipinski definition) is 6. The van der Waals surface area contributed by atoms with Gasteiger partial charge in [0.25, 0.3) is 0 Å². The highest BCUT2D eigenvalue weighted by molar-refractivity contribution is 4.63. The molecule has 0 spiro atoms. The molecule has 0 atom stereocenters. The predicted molar refractivity (Wildman–Crippen MR) is 79.0 cm³/mol. The van der Waals surface area contributed by atoms with Gasteiger partial charge in [-0.2, -0.15) is 0 Å². The lowest BCUT2D eigenvalue weighted by molar-refractivity contribution is -0.113. The monoisotopic (exact) mass is 298 g/mol. The fourth-order valence-electron chi connectivity index (χ4n) is 0.274. The van der Waals surface area contributed by atoms with E-state index in [1.54, 1.807) is 34.6 Å². The first kappa shape index (κ1) is 24.8. The molecule has 0 aliphatic rings. The van der Waals surface area contributed by atoms with Crippen molar-refractivity contribution in [1.82, 2.24) is 0 Å². The van der Waals surface area contributed by atoms with Crippen LogP contribution in [0.4, 0.5) is 0 Å². The van der Waals surface area contributed by atoms with Gasteiger partial charge in [-0.3, -0.25) is 0 Å². The van der Waals surface area contributed by atoms with Gasteiger partial charge in [0.05, 0.1) is 13.2 Å². The van der Waals surface area contributed by atoms with Crippen LogP contribution in [0.3, 0.4) is 0 Å². The summed E-state index contributed by atoms with van der Waals surface area (Å²) in [5.41, 5.74) is -0.694. The summed E-state index contributed by atoms with van der Waals surface area (Å²) in [4.78, 5) is 0. The van der Waals surface area contributed by atoms with Gasteiger partial charge in [-0.1, -0.05) is 34.6 Å². The number of aliphatic hydroxyl groups is 6. The molecular formula is C14H34O6. The molecule has 0 fully saturated rings. The summed E-state index contributed by atoms with van der Waals surface area (Å²) < 4.78 is 0. The first-order valence-electron chi connectivity index (χ1n) is 6.78. The molecular weight excluding hydrogens is 264 g/mol. The Morgan fingerprint density at radius 3 is 1.00 bits per heavy atom. The molecule has 0 rings (SSSR count). The van der Waals surface area contributed by atoms with Crippen LogP contribution in [0.25, 0.3) is 0 Å². The maximum Gasteiger partial charge on any atom is 0.156 e. The first-order chi connectivity index (χ1) is 8.98. The maximum atomic E-state index is 8.44. The quantitative estimate of drug-likeness (QED) is 0.316. The Morgan fingerprint density at radius 2 is 0.950 bits per heavy atom. The van der Waals surface area contributed by atoms with E-state index in [-0.39, 0.29) is 37.3 Å². The van der Waals surface area contributed by atoms with Gasteiger partial charge in [0.1, 0.15) is 0 Å². The maximum absolute atomic E-state index is 8.44. The SMILES string of the molecule is CC(C)(C)C(O)O.CC(C)(CO)CO.OCCCCO. The van der Waals surface area contributed by atoms with Crippen molar-refractivity contribution in [2.75, 3.05) is 26.4 Å². The van der Waals surface area contributed by atoms with Crippen LogP contribution < -0.4 is 0 Å². The zero-order valence-electron chi connectivity index (χ0n) is 13.5. The molecule has 0 bridgehead atoms. The van der Waals surface area contributed by atoms with E-state index in [0.29, 0.717) is 0 Å². The molecule has 20 heavy (non-hydrogen) atoms. The highest BCUT2D eigenvalue weighted by Crippen LogP contribution is 2.15. The lowest BCUT2D eigenvalue weighted by atomic mass is 9.96. The summed E-state index contributed by atoms with van der Waals surface area (Å²) in [5, 5.41) is 49.9. The third-order valence-electron chi connectivity index (χ3n) is 2.20. The van der Waals surface area contributed by atoms with Crippen molar-refractivity contribution >= 4 is 0 Å². The van der Waals surface area contributed by atoms with Crippen LogP contribution in [-0.2, 0) is 0 Å². The van der Waals surface area contributed by atoms with Crippen LogP contribution in [0.15, 0.2) is 0 Å². The Labute approximate surface area is 122 Å². The Hall–Kier alpha value is -0.240. The molecule has 0 saturated heterocycles. The molecule has 0 aliphatic heterocycles. The molecule has 0 aromatic rings. The average Bonchev–Trinajstić information content (AvgIpc) is 2.36. The minimum absolute atomic E-state index is 0.0451. The second-order valence-corrected chi connectivity index (χ2v) is 6.37. The smallest absolute Gasteiger partial charge is 0.156 e. The van der Waals surface area contributed by atoms with Crippen molar-refractivity contribution in [1.29, 1.82) is 0 Å². The second-order valence-electron chi connectivity index (χ2n) is 6.37. The third-order valence-corrected chi connectivity index (χ3v) is 2.20. The predicted octanol–water partition coefficient (Wildman–Crippen LogP) is 0.0916. The van der Waals surface area contributed by atoms with E-state index in [9.17, 15) is 0 Å². The van der Waals surface area contributed by atoms with Gasteiger partial charge in [-0.25, -0.2) is 0 Å². The summed E-state index contributed by atoms with van der Waals surface area (Å²) in [6, 6.07) is 0. The lowest BCUT2D eigenvalue weighted by Gasteiger charge is -2.19. The highest BCUT2D eigenvalue weighted by Gasteiger charge is 2.18. The molecule has 0 amide bonds. The Morgan fingerprint density at radius 1 is 0.700 bits per heavy atom. The van der Waals surface area contributed by atoms with Crippen LogP contribution in [0.2, 0.25) is 0 Å². The van der Waals surface area contributed by atoms with Crippen LogP contribution in [0.1, 0.15) is 47.5 Å². The summed E-state index contributed by atoms with van der Waals surface area (Å²) in [6.45, 7) is 9.36. The van der Waals surface area contributed by atoms with E-state index in [2.05, 4.69) is 0 Å². The summed E-state index contributed by atoms with van der Waals surface area (Å²) in [7, 11) is 0. The fourth-order valence-corrected chi connectivity index (χ4v) is 0.274. The van der Waals surface area contributed by atoms with E-state index < -0.39 is 6.29 Å². The number of hydrogen-bond donors (Lipinski definition) is 6. The normalized spacial score (nSPS) is 11.4. The highest BCUT2D eigenvalue weighted by atomic mass is 16.5. The zero-order valence-corrected chi connectivity index (χ0v) is 13.5. The second kappa shape index (κ2) is 13.7. The van der Waals surface area contributed by atoms with Gasteiger partial charge >= 0.3 is 0 Å².